The van der Waals surface area contributed by atoms with Gasteiger partial charge in [-0.15, -0.1) is 0 Å². The highest BCUT2D eigenvalue weighted by molar-refractivity contribution is 6.16. The molecule has 2 aromatic carbocycles. The van der Waals surface area contributed by atoms with Gasteiger partial charge in [0, 0.05) is 34.9 Å². The molecule has 0 unspecified atom stereocenters. The predicted octanol–water partition coefficient (Wildman–Crippen LogP) is 3.79. The maximum Gasteiger partial charge on any atom is 0.193 e. The van der Waals surface area contributed by atoms with Crippen molar-refractivity contribution < 1.29 is 4.79 Å². The van der Waals surface area contributed by atoms with Gasteiger partial charge < -0.3 is 5.73 Å². The molecule has 1 heterocycles. The molecule has 0 saturated heterocycles. The summed E-state index contributed by atoms with van der Waals surface area (Å²) in [6.07, 6.45) is 3.49. The molecule has 0 aliphatic carbocycles. The van der Waals surface area contributed by atoms with E-state index in [9.17, 15) is 4.79 Å². The Kier molecular flexibility index (Phi) is 3.73. The van der Waals surface area contributed by atoms with Crippen molar-refractivity contribution in [2.24, 2.45) is 5.73 Å². The summed E-state index contributed by atoms with van der Waals surface area (Å²) in [5.41, 5.74) is 9.31. The van der Waals surface area contributed by atoms with Crippen LogP contribution in [-0.4, -0.2) is 10.8 Å². The number of benzene rings is 2. The number of hydrogen-bond donors (Lipinski definition) is 1. The summed E-state index contributed by atoms with van der Waals surface area (Å²) in [5.74, 6) is 0.0329. The Morgan fingerprint density at radius 2 is 1.95 bits per heavy atom. The van der Waals surface area contributed by atoms with E-state index < -0.39 is 0 Å². The van der Waals surface area contributed by atoms with Crippen molar-refractivity contribution in [3.8, 4) is 0 Å². The maximum absolute atomic E-state index is 12.9. The quantitative estimate of drug-likeness (QED) is 0.747. The molecule has 1 aromatic heterocycles. The highest BCUT2D eigenvalue weighted by Gasteiger charge is 2.15. The van der Waals surface area contributed by atoms with Crippen LogP contribution in [-0.2, 0) is 0 Å². The Balaban J connectivity index is 2.10. The maximum atomic E-state index is 12.9. The lowest BCUT2D eigenvalue weighted by Gasteiger charge is -2.11. The number of aryl methyl sites for hydroxylation is 1. The molecule has 2 N–H and O–H groups in total. The van der Waals surface area contributed by atoms with Crippen molar-refractivity contribution in [1.82, 2.24) is 4.98 Å². The van der Waals surface area contributed by atoms with Crippen molar-refractivity contribution in [2.45, 2.75) is 19.9 Å². The number of carbonyl (C=O) groups is 1. The number of fused-ring (bicyclic) bond motifs is 1. The fourth-order valence-electron chi connectivity index (χ4n) is 2.69. The molecular weight excluding hydrogens is 272 g/mol. The van der Waals surface area contributed by atoms with Gasteiger partial charge in [-0.1, -0.05) is 36.4 Å². The molecule has 1 atom stereocenters. The van der Waals surface area contributed by atoms with E-state index in [4.69, 9.17) is 5.73 Å². The van der Waals surface area contributed by atoms with Gasteiger partial charge in [0.1, 0.15) is 0 Å². The molecule has 0 radical (unpaired) electrons. The normalized spacial score (nSPS) is 12.3. The van der Waals surface area contributed by atoms with E-state index in [0.29, 0.717) is 11.1 Å². The standard InChI is InChI=1S/C19H18N2O/c1-12-10-14(13(2)20)6-7-16(12)19(22)18-5-3-4-15-11-21-9-8-17(15)18/h3-11,13H,20H2,1-2H3/t13-/m0/s1. The Labute approximate surface area is 129 Å². The second kappa shape index (κ2) is 5.70. The molecule has 110 valence electrons. The van der Waals surface area contributed by atoms with Crippen molar-refractivity contribution in [3.63, 3.8) is 0 Å². The first-order chi connectivity index (χ1) is 10.6. The number of aromatic nitrogens is 1. The molecule has 3 heteroatoms. The monoisotopic (exact) mass is 290 g/mol. The second-order valence-corrected chi connectivity index (χ2v) is 5.59. The summed E-state index contributed by atoms with van der Waals surface area (Å²) in [4.78, 5) is 17.0. The number of nitrogens with two attached hydrogens (primary N) is 1. The first-order valence-electron chi connectivity index (χ1n) is 7.31. The van der Waals surface area contributed by atoms with Gasteiger partial charge >= 0.3 is 0 Å². The largest absolute Gasteiger partial charge is 0.324 e. The van der Waals surface area contributed by atoms with Crippen molar-refractivity contribution in [3.05, 3.63) is 77.1 Å². The van der Waals surface area contributed by atoms with Gasteiger partial charge in [-0.05, 0) is 36.4 Å². The lowest BCUT2D eigenvalue weighted by atomic mass is 9.93. The highest BCUT2D eigenvalue weighted by atomic mass is 16.1. The zero-order chi connectivity index (χ0) is 15.7. The van der Waals surface area contributed by atoms with Gasteiger partial charge in [0.2, 0.25) is 0 Å². The average molecular weight is 290 g/mol. The van der Waals surface area contributed by atoms with E-state index in [1.165, 1.54) is 0 Å². The summed E-state index contributed by atoms with van der Waals surface area (Å²) < 4.78 is 0. The Morgan fingerprint density at radius 3 is 2.68 bits per heavy atom. The molecule has 0 bridgehead atoms. The Hall–Kier alpha value is -2.52. The molecule has 0 amide bonds. The van der Waals surface area contributed by atoms with Crippen LogP contribution in [0.4, 0.5) is 0 Å². The molecule has 0 saturated carbocycles. The molecule has 0 aliphatic rings. The molecule has 3 nitrogen and oxygen atoms in total. The molecule has 22 heavy (non-hydrogen) atoms. The van der Waals surface area contributed by atoms with E-state index in [0.717, 1.165) is 21.9 Å². The van der Waals surface area contributed by atoms with Gasteiger partial charge in [0.15, 0.2) is 5.78 Å². The zero-order valence-electron chi connectivity index (χ0n) is 12.7. The van der Waals surface area contributed by atoms with Crippen LogP contribution in [0.25, 0.3) is 10.8 Å². The third-order valence-electron chi connectivity index (χ3n) is 3.95. The minimum absolute atomic E-state index is 0.0329. The van der Waals surface area contributed by atoms with Gasteiger partial charge in [-0.25, -0.2) is 0 Å². The summed E-state index contributed by atoms with van der Waals surface area (Å²) in [5, 5.41) is 1.90. The third kappa shape index (κ3) is 2.51. The van der Waals surface area contributed by atoms with Crippen LogP contribution < -0.4 is 5.73 Å². The van der Waals surface area contributed by atoms with Gasteiger partial charge in [-0.3, -0.25) is 9.78 Å². The van der Waals surface area contributed by atoms with Crippen LogP contribution in [0, 0.1) is 6.92 Å². The fraction of sp³-hybridized carbons (Fsp3) is 0.158. The lowest BCUT2D eigenvalue weighted by Crippen LogP contribution is -2.08. The van der Waals surface area contributed by atoms with Crippen LogP contribution >= 0.6 is 0 Å². The second-order valence-electron chi connectivity index (χ2n) is 5.59. The average Bonchev–Trinajstić information content (AvgIpc) is 2.53. The first-order valence-corrected chi connectivity index (χ1v) is 7.31. The first kappa shape index (κ1) is 14.4. The molecule has 0 fully saturated rings. The smallest absolute Gasteiger partial charge is 0.193 e. The molecule has 0 aliphatic heterocycles. The van der Waals surface area contributed by atoms with Crippen LogP contribution in [0.5, 0.6) is 0 Å². The van der Waals surface area contributed by atoms with Crippen LogP contribution in [0.1, 0.15) is 40.0 Å². The van der Waals surface area contributed by atoms with Gasteiger partial charge in [0.25, 0.3) is 0 Å². The predicted molar refractivity (Wildman–Crippen MR) is 89.0 cm³/mol. The fourth-order valence-corrected chi connectivity index (χ4v) is 2.69. The molecule has 3 rings (SSSR count). The van der Waals surface area contributed by atoms with Crippen LogP contribution in [0.2, 0.25) is 0 Å². The van der Waals surface area contributed by atoms with Crippen molar-refractivity contribution in [2.75, 3.05) is 0 Å². The van der Waals surface area contributed by atoms with Crippen LogP contribution in [0.15, 0.2) is 54.9 Å². The number of pyridine rings is 1. The molecule has 3 aromatic rings. The summed E-state index contributed by atoms with van der Waals surface area (Å²) in [6, 6.07) is 13.4. The van der Waals surface area contributed by atoms with E-state index >= 15 is 0 Å². The van der Waals surface area contributed by atoms with Crippen molar-refractivity contribution >= 4 is 16.6 Å². The van der Waals surface area contributed by atoms with E-state index in [2.05, 4.69) is 4.98 Å². The van der Waals surface area contributed by atoms with Gasteiger partial charge in [0.05, 0.1) is 0 Å². The van der Waals surface area contributed by atoms with E-state index in [1.54, 1.807) is 12.4 Å². The number of hydrogen-bond acceptors (Lipinski definition) is 3. The Bertz CT molecular complexity index is 848. The lowest BCUT2D eigenvalue weighted by molar-refractivity contribution is 0.103. The van der Waals surface area contributed by atoms with Gasteiger partial charge in [-0.2, -0.15) is 0 Å². The van der Waals surface area contributed by atoms with E-state index in [1.807, 2.05) is 56.3 Å². The van der Waals surface area contributed by atoms with Crippen molar-refractivity contribution in [1.29, 1.82) is 0 Å². The highest BCUT2D eigenvalue weighted by Crippen LogP contribution is 2.23. The Morgan fingerprint density at radius 1 is 1.14 bits per heavy atom. The summed E-state index contributed by atoms with van der Waals surface area (Å²) >= 11 is 0. The minimum atomic E-state index is -0.0357. The zero-order valence-corrected chi connectivity index (χ0v) is 12.7. The topological polar surface area (TPSA) is 56.0 Å². The number of carbonyl (C=O) groups excluding carboxylic acids is 1. The molecule has 0 spiro atoms. The number of nitrogens with zero attached hydrogens (tertiary/aromatic N) is 1. The number of ketones is 1. The molecular formula is C19H18N2O. The third-order valence-corrected chi connectivity index (χ3v) is 3.95. The van der Waals surface area contributed by atoms with Crippen LogP contribution in [0.3, 0.4) is 0 Å². The summed E-state index contributed by atoms with van der Waals surface area (Å²) in [7, 11) is 0. The number of rotatable bonds is 3. The SMILES string of the molecule is Cc1cc([C@H](C)N)ccc1C(=O)c1cccc2cnccc12. The van der Waals surface area contributed by atoms with E-state index in [-0.39, 0.29) is 11.8 Å². The minimum Gasteiger partial charge on any atom is -0.324 e. The summed E-state index contributed by atoms with van der Waals surface area (Å²) in [6.45, 7) is 3.89.